The highest BCUT2D eigenvalue weighted by molar-refractivity contribution is 7.98. The second kappa shape index (κ2) is 10.7. The number of hydrogen-bond donors (Lipinski definition) is 2. The van der Waals surface area contributed by atoms with Gasteiger partial charge in [-0.05, 0) is 93.7 Å². The molecule has 0 bridgehead atoms. The highest BCUT2D eigenvalue weighted by Gasteiger charge is 2.32. The lowest BCUT2D eigenvalue weighted by atomic mass is 9.93. The molecule has 3 heterocycles. The topological polar surface area (TPSA) is 93.4 Å². The van der Waals surface area contributed by atoms with Gasteiger partial charge in [-0.15, -0.1) is 0 Å². The molecule has 33 heavy (non-hydrogen) atoms. The number of aromatic nitrogens is 2. The lowest BCUT2D eigenvalue weighted by Crippen LogP contribution is -2.46. The van der Waals surface area contributed by atoms with Crippen LogP contribution in [-0.2, 0) is 4.79 Å². The number of amides is 1. The molecule has 178 valence electrons. The molecule has 0 atom stereocenters. The van der Waals surface area contributed by atoms with E-state index in [9.17, 15) is 4.79 Å². The van der Waals surface area contributed by atoms with Crippen LogP contribution in [0.5, 0.6) is 0 Å². The van der Waals surface area contributed by atoms with E-state index in [1.54, 1.807) is 18.0 Å². The number of carbonyl (C=O) groups excluding carboxylic acids is 1. The van der Waals surface area contributed by atoms with Crippen molar-refractivity contribution in [2.75, 3.05) is 39.0 Å². The van der Waals surface area contributed by atoms with Crippen molar-refractivity contribution in [3.05, 3.63) is 47.8 Å². The summed E-state index contributed by atoms with van der Waals surface area (Å²) in [5.74, 6) is 0.465. The van der Waals surface area contributed by atoms with E-state index in [2.05, 4.69) is 45.7 Å². The molecule has 2 fully saturated rings. The van der Waals surface area contributed by atoms with Crippen LogP contribution in [-0.4, -0.2) is 64.2 Å². The first-order chi connectivity index (χ1) is 16.0. The summed E-state index contributed by atoms with van der Waals surface area (Å²) in [5.41, 5.74) is 15.7. The molecule has 4 rings (SSSR count). The molecule has 2 aromatic rings. The monoisotopic (exact) mass is 468 g/mol. The number of carbonyl (C=O) groups is 1. The highest BCUT2D eigenvalue weighted by atomic mass is 32.2. The van der Waals surface area contributed by atoms with Gasteiger partial charge in [0, 0.05) is 31.6 Å². The van der Waals surface area contributed by atoms with Crippen LogP contribution >= 0.6 is 11.8 Å². The number of fused-ring (bicyclic) bond motifs is 1. The van der Waals surface area contributed by atoms with Gasteiger partial charge in [0.15, 0.2) is 5.16 Å². The van der Waals surface area contributed by atoms with Crippen LogP contribution in [0.25, 0.3) is 11.0 Å². The van der Waals surface area contributed by atoms with Crippen LogP contribution in [0.2, 0.25) is 0 Å². The molecule has 2 aliphatic heterocycles. The van der Waals surface area contributed by atoms with E-state index in [0.717, 1.165) is 74.7 Å². The number of hydrogen-bond acceptors (Lipinski definition) is 6. The van der Waals surface area contributed by atoms with Crippen molar-refractivity contribution in [2.45, 2.75) is 43.8 Å². The van der Waals surface area contributed by atoms with Crippen molar-refractivity contribution in [3.8, 4) is 0 Å². The van der Waals surface area contributed by atoms with E-state index in [-0.39, 0.29) is 5.92 Å². The third-order valence-electron chi connectivity index (χ3n) is 7.00. The summed E-state index contributed by atoms with van der Waals surface area (Å²) >= 11 is 1.70. The Hall–Kier alpha value is -2.45. The van der Waals surface area contributed by atoms with Gasteiger partial charge in [-0.3, -0.25) is 9.69 Å². The van der Waals surface area contributed by atoms with E-state index in [1.807, 2.05) is 6.08 Å². The summed E-state index contributed by atoms with van der Waals surface area (Å²) < 4.78 is 2.40. The Morgan fingerprint density at radius 1 is 1.15 bits per heavy atom. The zero-order valence-electron chi connectivity index (χ0n) is 19.7. The third kappa shape index (κ3) is 5.22. The molecule has 2 saturated heterocycles. The Kier molecular flexibility index (Phi) is 7.65. The minimum atomic E-state index is 0.131. The van der Waals surface area contributed by atoms with Crippen LogP contribution in [0.15, 0.2) is 47.4 Å². The zero-order valence-corrected chi connectivity index (χ0v) is 20.6. The van der Waals surface area contributed by atoms with Gasteiger partial charge < -0.3 is 20.9 Å². The average molecular weight is 469 g/mol. The number of likely N-dealkylation sites (tertiary alicyclic amines) is 2. The van der Waals surface area contributed by atoms with E-state index in [4.69, 9.17) is 16.5 Å². The summed E-state index contributed by atoms with van der Waals surface area (Å²) in [7, 11) is 0. The second-order valence-electron chi connectivity index (χ2n) is 9.17. The zero-order chi connectivity index (χ0) is 23.4. The Labute approximate surface area is 200 Å². The molecule has 0 saturated carbocycles. The van der Waals surface area contributed by atoms with Gasteiger partial charge in [0.05, 0.1) is 11.0 Å². The molecule has 0 aliphatic carbocycles. The molecular formula is C25H36N6OS. The molecule has 0 unspecified atom stereocenters. The van der Waals surface area contributed by atoms with Crippen molar-refractivity contribution in [2.24, 2.45) is 17.4 Å². The third-order valence-corrected chi connectivity index (χ3v) is 7.66. The molecule has 1 amide bonds. The molecular weight excluding hydrogens is 432 g/mol. The summed E-state index contributed by atoms with van der Waals surface area (Å²) in [4.78, 5) is 22.5. The maximum Gasteiger partial charge on any atom is 0.225 e. The van der Waals surface area contributed by atoms with Crippen molar-refractivity contribution < 1.29 is 4.79 Å². The fourth-order valence-corrected chi connectivity index (χ4v) is 5.80. The Bertz CT molecular complexity index is 1030. The van der Waals surface area contributed by atoms with Crippen LogP contribution in [0.1, 0.15) is 37.3 Å². The van der Waals surface area contributed by atoms with Crippen molar-refractivity contribution in [3.63, 3.8) is 0 Å². The summed E-state index contributed by atoms with van der Waals surface area (Å²) in [6, 6.07) is 6.91. The van der Waals surface area contributed by atoms with Crippen LogP contribution in [0.4, 0.5) is 0 Å². The minimum Gasteiger partial charge on any atom is -0.405 e. The maximum absolute atomic E-state index is 13.2. The number of rotatable bonds is 6. The molecule has 2 aliphatic rings. The molecule has 1 aromatic carbocycles. The van der Waals surface area contributed by atoms with Gasteiger partial charge in [0.25, 0.3) is 0 Å². The molecule has 1 aromatic heterocycles. The van der Waals surface area contributed by atoms with Gasteiger partial charge in [-0.25, -0.2) is 4.98 Å². The minimum absolute atomic E-state index is 0.131. The van der Waals surface area contributed by atoms with Crippen LogP contribution in [0, 0.1) is 12.8 Å². The van der Waals surface area contributed by atoms with Gasteiger partial charge in [-0.1, -0.05) is 17.8 Å². The summed E-state index contributed by atoms with van der Waals surface area (Å²) in [5, 5.41) is 1.07. The molecule has 4 N–H and O–H groups in total. The summed E-state index contributed by atoms with van der Waals surface area (Å²) in [6.07, 6.45) is 10.8. The largest absolute Gasteiger partial charge is 0.405 e. The van der Waals surface area contributed by atoms with E-state index in [1.165, 1.54) is 17.3 Å². The standard InChI is InChI=1S/C25H36N6OS/c1-18-3-4-23-22(15-18)28-25(33-2)31(23)21-8-13-30(14-9-21)24(32)20-6-11-29(12-7-20)17-19(16-27)5-10-26/h3-5,10,15-16,20-21H,6-9,11-14,17,26-27H2,1-2H3/b10-5-,19-16?. The molecule has 0 radical (unpaired) electrons. The first kappa shape index (κ1) is 23.7. The lowest BCUT2D eigenvalue weighted by Gasteiger charge is -2.38. The smallest absolute Gasteiger partial charge is 0.225 e. The lowest BCUT2D eigenvalue weighted by molar-refractivity contribution is -0.138. The number of nitrogens with two attached hydrogens (primary N) is 2. The van der Waals surface area contributed by atoms with Crippen LogP contribution < -0.4 is 11.5 Å². The van der Waals surface area contributed by atoms with Crippen molar-refractivity contribution in [1.82, 2.24) is 19.4 Å². The maximum atomic E-state index is 13.2. The Morgan fingerprint density at radius 2 is 1.88 bits per heavy atom. The average Bonchev–Trinajstić information content (AvgIpc) is 3.21. The van der Waals surface area contributed by atoms with E-state index >= 15 is 0 Å². The van der Waals surface area contributed by atoms with Crippen LogP contribution in [0.3, 0.4) is 0 Å². The van der Waals surface area contributed by atoms with E-state index < -0.39 is 0 Å². The predicted octanol–water partition coefficient (Wildman–Crippen LogP) is 3.26. The van der Waals surface area contributed by atoms with Gasteiger partial charge in [0.1, 0.15) is 0 Å². The quantitative estimate of drug-likeness (QED) is 0.499. The number of imidazole rings is 1. The number of aryl methyl sites for hydroxylation is 1. The van der Waals surface area contributed by atoms with Crippen molar-refractivity contribution >= 4 is 28.7 Å². The number of benzene rings is 1. The Morgan fingerprint density at radius 3 is 2.52 bits per heavy atom. The van der Waals surface area contributed by atoms with E-state index in [0.29, 0.717) is 11.9 Å². The van der Waals surface area contributed by atoms with Crippen molar-refractivity contribution in [1.29, 1.82) is 0 Å². The number of nitrogens with zero attached hydrogens (tertiary/aromatic N) is 4. The molecule has 0 spiro atoms. The fourth-order valence-electron chi connectivity index (χ4n) is 5.17. The number of thioether (sulfide) groups is 1. The molecule has 8 heteroatoms. The van der Waals surface area contributed by atoms with Gasteiger partial charge in [0.2, 0.25) is 5.91 Å². The molecule has 7 nitrogen and oxygen atoms in total. The first-order valence-corrected chi connectivity index (χ1v) is 13.1. The summed E-state index contributed by atoms with van der Waals surface area (Å²) in [6.45, 7) is 6.37. The number of piperidine rings is 2. The first-order valence-electron chi connectivity index (χ1n) is 11.9. The van der Waals surface area contributed by atoms with Gasteiger partial charge >= 0.3 is 0 Å². The fraction of sp³-hybridized carbons (Fsp3) is 0.520. The van der Waals surface area contributed by atoms with Gasteiger partial charge in [-0.2, -0.15) is 0 Å². The normalized spacial score (nSPS) is 19.7. The Balaban J connectivity index is 1.33. The second-order valence-corrected chi connectivity index (χ2v) is 9.94. The SMILES string of the molecule is CSc1nc2cc(C)ccc2n1C1CCN(C(=O)C2CCN(CC(=CN)/C=C\N)CC2)CC1. The predicted molar refractivity (Wildman–Crippen MR) is 136 cm³/mol. The highest BCUT2D eigenvalue weighted by Crippen LogP contribution is 2.33.